The van der Waals surface area contributed by atoms with Gasteiger partial charge in [-0.2, -0.15) is 0 Å². The summed E-state index contributed by atoms with van der Waals surface area (Å²) in [5.74, 6) is 0.0724. The Kier molecular flexibility index (Phi) is 5.49. The highest BCUT2D eigenvalue weighted by molar-refractivity contribution is 5.27. The topological polar surface area (TPSA) is 21.3 Å². The average Bonchev–Trinajstić information content (AvgIpc) is 3.21. The van der Waals surface area contributed by atoms with Gasteiger partial charge in [0.1, 0.15) is 11.6 Å². The van der Waals surface area contributed by atoms with Crippen molar-refractivity contribution in [2.24, 2.45) is 5.92 Å². The zero-order valence-electron chi connectivity index (χ0n) is 12.2. The van der Waals surface area contributed by atoms with E-state index in [1.165, 1.54) is 25.0 Å². The third-order valence-electron chi connectivity index (χ3n) is 3.71. The van der Waals surface area contributed by atoms with Gasteiger partial charge in [0.25, 0.3) is 0 Å². The van der Waals surface area contributed by atoms with Gasteiger partial charge in [-0.25, -0.2) is 8.78 Å². The standard InChI is InChI=1S/C16H23F2NO/c1-11-8-16(18)14(9-15(11)17)12(2)19-6-3-7-20-10-13-4-5-13/h8-9,12-13,19H,3-7,10H2,1-2H3. The molecule has 112 valence electrons. The van der Waals surface area contributed by atoms with Crippen molar-refractivity contribution >= 4 is 0 Å². The van der Waals surface area contributed by atoms with Gasteiger partial charge in [-0.05, 0) is 63.3 Å². The fourth-order valence-corrected chi connectivity index (χ4v) is 2.13. The quantitative estimate of drug-likeness (QED) is 0.734. The van der Waals surface area contributed by atoms with Crippen molar-refractivity contribution < 1.29 is 13.5 Å². The summed E-state index contributed by atoms with van der Waals surface area (Å²) in [5.41, 5.74) is 0.721. The zero-order valence-corrected chi connectivity index (χ0v) is 12.2. The van der Waals surface area contributed by atoms with Crippen LogP contribution in [0.3, 0.4) is 0 Å². The molecule has 0 amide bonds. The molecule has 1 aromatic rings. The summed E-state index contributed by atoms with van der Waals surface area (Å²) in [6, 6.07) is 2.33. The monoisotopic (exact) mass is 283 g/mol. The Hall–Kier alpha value is -1.00. The molecule has 1 aliphatic carbocycles. The van der Waals surface area contributed by atoms with Crippen molar-refractivity contribution in [3.63, 3.8) is 0 Å². The second kappa shape index (κ2) is 7.14. The van der Waals surface area contributed by atoms with Crippen molar-refractivity contribution in [3.05, 3.63) is 34.9 Å². The normalized spacial score (nSPS) is 16.4. The molecule has 0 radical (unpaired) electrons. The number of rotatable bonds is 8. The highest BCUT2D eigenvalue weighted by atomic mass is 19.1. The van der Waals surface area contributed by atoms with E-state index in [2.05, 4.69) is 5.32 Å². The number of benzene rings is 1. The van der Waals surface area contributed by atoms with Crippen molar-refractivity contribution in [2.45, 2.75) is 39.2 Å². The minimum Gasteiger partial charge on any atom is -0.381 e. The van der Waals surface area contributed by atoms with Crippen LogP contribution >= 0.6 is 0 Å². The SMILES string of the molecule is Cc1cc(F)c(C(C)NCCCOCC2CC2)cc1F. The average molecular weight is 283 g/mol. The number of nitrogens with one attached hydrogen (secondary N) is 1. The molecule has 1 fully saturated rings. The highest BCUT2D eigenvalue weighted by Gasteiger charge is 2.20. The molecule has 1 aromatic carbocycles. The molecule has 4 heteroatoms. The number of hydrogen-bond donors (Lipinski definition) is 1. The number of ether oxygens (including phenoxy) is 1. The lowest BCUT2D eigenvalue weighted by Gasteiger charge is -2.16. The summed E-state index contributed by atoms with van der Waals surface area (Å²) in [7, 11) is 0. The first-order valence-corrected chi connectivity index (χ1v) is 7.34. The molecule has 0 spiro atoms. The Morgan fingerprint density at radius 3 is 2.75 bits per heavy atom. The molecular weight excluding hydrogens is 260 g/mol. The van der Waals surface area contributed by atoms with Crippen LogP contribution in [0, 0.1) is 24.5 Å². The van der Waals surface area contributed by atoms with Crippen molar-refractivity contribution in [2.75, 3.05) is 19.8 Å². The van der Waals surface area contributed by atoms with E-state index in [0.29, 0.717) is 11.1 Å². The third kappa shape index (κ3) is 4.53. The summed E-state index contributed by atoms with van der Waals surface area (Å²) < 4.78 is 32.8. The van der Waals surface area contributed by atoms with Crippen LogP contribution in [-0.2, 0) is 4.74 Å². The van der Waals surface area contributed by atoms with Gasteiger partial charge in [-0.1, -0.05) is 0 Å². The van der Waals surface area contributed by atoms with Gasteiger partial charge in [0.05, 0.1) is 0 Å². The minimum atomic E-state index is -0.359. The van der Waals surface area contributed by atoms with Gasteiger partial charge in [0.15, 0.2) is 0 Å². The maximum atomic E-state index is 13.8. The fourth-order valence-electron chi connectivity index (χ4n) is 2.13. The second-order valence-electron chi connectivity index (χ2n) is 5.67. The molecule has 1 N–H and O–H groups in total. The molecular formula is C16H23F2NO. The van der Waals surface area contributed by atoms with Gasteiger partial charge in [-0.3, -0.25) is 0 Å². The summed E-state index contributed by atoms with van der Waals surface area (Å²) in [4.78, 5) is 0. The molecule has 1 unspecified atom stereocenters. The van der Waals surface area contributed by atoms with Crippen LogP contribution in [0.15, 0.2) is 12.1 Å². The summed E-state index contributed by atoms with van der Waals surface area (Å²) in [6.07, 6.45) is 3.48. The second-order valence-corrected chi connectivity index (χ2v) is 5.67. The van der Waals surface area contributed by atoms with Crippen LogP contribution in [0.2, 0.25) is 0 Å². The number of halogens is 2. The maximum Gasteiger partial charge on any atom is 0.128 e. The van der Waals surface area contributed by atoms with Gasteiger partial charge < -0.3 is 10.1 Å². The van der Waals surface area contributed by atoms with Crippen LogP contribution in [0.4, 0.5) is 8.78 Å². The van der Waals surface area contributed by atoms with Crippen LogP contribution in [0.25, 0.3) is 0 Å². The Labute approximate surface area is 119 Å². The van der Waals surface area contributed by atoms with Crippen molar-refractivity contribution in [3.8, 4) is 0 Å². The summed E-state index contributed by atoms with van der Waals surface area (Å²) in [6.45, 7) is 5.74. The van der Waals surface area contributed by atoms with Gasteiger partial charge in [-0.15, -0.1) is 0 Å². The van der Waals surface area contributed by atoms with Gasteiger partial charge in [0.2, 0.25) is 0 Å². The van der Waals surface area contributed by atoms with Crippen LogP contribution < -0.4 is 5.32 Å². The predicted octanol–water partition coefficient (Wildman–Crippen LogP) is 3.74. The molecule has 2 rings (SSSR count). The van der Waals surface area contributed by atoms with E-state index in [1.54, 1.807) is 6.92 Å². The first kappa shape index (κ1) is 15.4. The predicted molar refractivity (Wildman–Crippen MR) is 75.7 cm³/mol. The zero-order chi connectivity index (χ0) is 14.5. The Morgan fingerprint density at radius 1 is 1.30 bits per heavy atom. The molecule has 0 aliphatic heterocycles. The van der Waals surface area contributed by atoms with E-state index in [4.69, 9.17) is 4.74 Å². The molecule has 2 nitrogen and oxygen atoms in total. The van der Waals surface area contributed by atoms with Crippen LogP contribution in [0.5, 0.6) is 0 Å². The molecule has 0 saturated heterocycles. The van der Waals surface area contributed by atoms with Crippen molar-refractivity contribution in [1.82, 2.24) is 5.32 Å². The van der Waals surface area contributed by atoms with E-state index in [-0.39, 0.29) is 17.7 Å². The summed E-state index contributed by atoms with van der Waals surface area (Å²) in [5, 5.41) is 3.20. The lowest BCUT2D eigenvalue weighted by atomic mass is 10.0. The first-order valence-electron chi connectivity index (χ1n) is 7.34. The van der Waals surface area contributed by atoms with E-state index in [9.17, 15) is 8.78 Å². The van der Waals surface area contributed by atoms with Crippen molar-refractivity contribution in [1.29, 1.82) is 0 Å². The molecule has 20 heavy (non-hydrogen) atoms. The lowest BCUT2D eigenvalue weighted by Crippen LogP contribution is -2.22. The fraction of sp³-hybridized carbons (Fsp3) is 0.625. The van der Waals surface area contributed by atoms with E-state index in [1.807, 2.05) is 6.92 Å². The van der Waals surface area contributed by atoms with E-state index < -0.39 is 0 Å². The minimum absolute atomic E-state index is 0.200. The van der Waals surface area contributed by atoms with E-state index >= 15 is 0 Å². The van der Waals surface area contributed by atoms with E-state index in [0.717, 1.165) is 32.1 Å². The highest BCUT2D eigenvalue weighted by Crippen LogP contribution is 2.28. The first-order chi connectivity index (χ1) is 9.58. The maximum absolute atomic E-state index is 13.8. The molecule has 0 bridgehead atoms. The molecule has 1 atom stereocenters. The molecule has 1 saturated carbocycles. The molecule has 0 heterocycles. The Bertz CT molecular complexity index is 446. The van der Waals surface area contributed by atoms with Gasteiger partial charge >= 0.3 is 0 Å². The summed E-state index contributed by atoms with van der Waals surface area (Å²) >= 11 is 0. The molecule has 0 aromatic heterocycles. The Balaban J connectivity index is 1.70. The van der Waals surface area contributed by atoms with Crippen LogP contribution in [0.1, 0.15) is 43.4 Å². The number of hydrogen-bond acceptors (Lipinski definition) is 2. The third-order valence-corrected chi connectivity index (χ3v) is 3.71. The number of aryl methyl sites for hydroxylation is 1. The lowest BCUT2D eigenvalue weighted by molar-refractivity contribution is 0.121. The largest absolute Gasteiger partial charge is 0.381 e. The Morgan fingerprint density at radius 2 is 2.05 bits per heavy atom. The van der Waals surface area contributed by atoms with Gasteiger partial charge in [0, 0.05) is 24.8 Å². The van der Waals surface area contributed by atoms with Crippen LogP contribution in [-0.4, -0.2) is 19.8 Å². The molecule has 1 aliphatic rings. The smallest absolute Gasteiger partial charge is 0.128 e.